The second-order valence-corrected chi connectivity index (χ2v) is 10.8. The third kappa shape index (κ3) is 4.96. The van der Waals surface area contributed by atoms with Gasteiger partial charge in [-0.2, -0.15) is 0 Å². The standard InChI is InChI=1S/C25H30Cl2O5.Na/c1-14(2)7-6-8-15(3)9-10-25-21(30)17-11-16(28)12-18(29)20(17)22(31)24(25,27)13-19(26)23(4,5)32-25;/h7,9,11-12,19,28-29H,6,8,10,13H2,1-5H3;/q;+1/p-1/b15-9+;. The molecule has 0 saturated carbocycles. The van der Waals surface area contributed by atoms with Gasteiger partial charge in [-0.25, -0.2) is 0 Å². The second kappa shape index (κ2) is 10.0. The van der Waals surface area contributed by atoms with Gasteiger partial charge in [-0.15, -0.1) is 29.0 Å². The Balaban J connectivity index is 0.00000385. The number of allylic oxidation sites excluding steroid dienone is 3. The van der Waals surface area contributed by atoms with E-state index >= 15 is 0 Å². The Hall–Kier alpha value is -0.820. The number of halogens is 2. The van der Waals surface area contributed by atoms with Crippen LogP contribution in [0.2, 0.25) is 0 Å². The number of ether oxygens (including phenoxy) is 1. The number of rotatable bonds is 5. The molecule has 1 N–H and O–H groups in total. The van der Waals surface area contributed by atoms with E-state index in [-0.39, 0.29) is 53.5 Å². The van der Waals surface area contributed by atoms with Gasteiger partial charge in [-0.3, -0.25) is 9.59 Å². The number of benzene rings is 1. The maximum atomic E-state index is 13.8. The van der Waals surface area contributed by atoms with E-state index in [1.165, 1.54) is 5.57 Å². The van der Waals surface area contributed by atoms with Crippen LogP contribution in [-0.4, -0.2) is 38.1 Å². The quantitative estimate of drug-likeness (QED) is 0.379. The third-order valence-electron chi connectivity index (χ3n) is 6.41. The normalized spacial score (nSPS) is 28.5. The van der Waals surface area contributed by atoms with Crippen LogP contribution in [0.3, 0.4) is 0 Å². The van der Waals surface area contributed by atoms with E-state index in [1.807, 2.05) is 26.8 Å². The van der Waals surface area contributed by atoms with Gasteiger partial charge in [0.25, 0.3) is 0 Å². The summed E-state index contributed by atoms with van der Waals surface area (Å²) in [5.41, 5.74) is -0.844. The van der Waals surface area contributed by atoms with Gasteiger partial charge in [0, 0.05) is 12.0 Å². The molecule has 1 saturated heterocycles. The molecule has 33 heavy (non-hydrogen) atoms. The molecule has 0 radical (unpaired) electrons. The third-order valence-corrected chi connectivity index (χ3v) is 7.72. The fraction of sp³-hybridized carbons (Fsp3) is 0.520. The molecule has 1 aliphatic carbocycles. The van der Waals surface area contributed by atoms with E-state index in [4.69, 9.17) is 27.9 Å². The molecule has 0 aromatic heterocycles. The Labute approximate surface area is 227 Å². The van der Waals surface area contributed by atoms with Crippen molar-refractivity contribution in [2.45, 2.75) is 81.8 Å². The molecule has 0 amide bonds. The average Bonchev–Trinajstić information content (AvgIpc) is 2.67. The first-order valence-electron chi connectivity index (χ1n) is 10.7. The molecule has 1 fully saturated rings. The average molecular weight is 503 g/mol. The van der Waals surface area contributed by atoms with Crippen molar-refractivity contribution < 1.29 is 54.1 Å². The minimum atomic E-state index is -1.81. The Bertz CT molecular complexity index is 1030. The van der Waals surface area contributed by atoms with E-state index in [0.29, 0.717) is 0 Å². The predicted octanol–water partition coefficient (Wildman–Crippen LogP) is 2.45. The van der Waals surface area contributed by atoms with Crippen LogP contribution in [0.15, 0.2) is 35.4 Å². The maximum Gasteiger partial charge on any atom is 1.00 e. The number of hydrogen-bond acceptors (Lipinski definition) is 5. The number of carbonyl (C=O) groups excluding carboxylic acids is 2. The zero-order valence-corrected chi connectivity index (χ0v) is 23.6. The van der Waals surface area contributed by atoms with E-state index in [2.05, 4.69) is 6.08 Å². The van der Waals surface area contributed by atoms with Crippen molar-refractivity contribution in [3.05, 3.63) is 46.6 Å². The number of carbonyl (C=O) groups is 2. The first-order valence-corrected chi connectivity index (χ1v) is 11.5. The molecule has 3 atom stereocenters. The molecular formula is C25H29Cl2NaO5. The number of fused-ring (bicyclic) bond motifs is 2. The predicted molar refractivity (Wildman–Crippen MR) is 124 cm³/mol. The van der Waals surface area contributed by atoms with Crippen molar-refractivity contribution >= 4 is 34.8 Å². The molecule has 1 aromatic carbocycles. The van der Waals surface area contributed by atoms with Crippen LogP contribution >= 0.6 is 23.2 Å². The van der Waals surface area contributed by atoms with Gasteiger partial charge in [0.2, 0.25) is 0 Å². The zero-order valence-electron chi connectivity index (χ0n) is 20.1. The van der Waals surface area contributed by atoms with Gasteiger partial charge in [0.1, 0.15) is 10.6 Å². The van der Waals surface area contributed by atoms with Gasteiger partial charge in [0.15, 0.2) is 17.2 Å². The van der Waals surface area contributed by atoms with E-state index in [0.717, 1.165) is 30.5 Å². The molecule has 3 unspecified atom stereocenters. The molecule has 8 heteroatoms. The molecular weight excluding hydrogens is 474 g/mol. The zero-order chi connectivity index (χ0) is 24.1. The molecule has 0 spiro atoms. The van der Waals surface area contributed by atoms with Crippen LogP contribution in [0.25, 0.3) is 0 Å². The summed E-state index contributed by atoms with van der Waals surface area (Å²) in [6.45, 7) is 9.52. The van der Waals surface area contributed by atoms with Crippen LogP contribution in [0.5, 0.6) is 11.5 Å². The van der Waals surface area contributed by atoms with Gasteiger partial charge in [-0.05, 0) is 59.9 Å². The summed E-state index contributed by atoms with van der Waals surface area (Å²) < 4.78 is 6.32. The summed E-state index contributed by atoms with van der Waals surface area (Å²) in [7, 11) is 0. The van der Waals surface area contributed by atoms with E-state index in [1.54, 1.807) is 13.8 Å². The minimum Gasteiger partial charge on any atom is -0.872 e. The van der Waals surface area contributed by atoms with Crippen molar-refractivity contribution in [1.29, 1.82) is 0 Å². The molecule has 174 valence electrons. The molecule has 3 rings (SSSR count). The van der Waals surface area contributed by atoms with Crippen molar-refractivity contribution in [1.82, 2.24) is 0 Å². The second-order valence-electron chi connectivity index (χ2n) is 9.60. The van der Waals surface area contributed by atoms with Gasteiger partial charge in [0.05, 0.1) is 16.5 Å². The Morgan fingerprint density at radius 3 is 2.45 bits per heavy atom. The van der Waals surface area contributed by atoms with E-state index < -0.39 is 44.5 Å². The smallest absolute Gasteiger partial charge is 0.872 e. The number of hydrogen-bond donors (Lipinski definition) is 1. The van der Waals surface area contributed by atoms with Crippen LogP contribution in [-0.2, 0) is 4.74 Å². The first kappa shape index (κ1) is 28.4. The van der Waals surface area contributed by atoms with Crippen LogP contribution in [0, 0.1) is 0 Å². The Kier molecular flexibility index (Phi) is 8.65. The SMILES string of the molecule is CC(C)=CCC/C(C)=C/CC12OC(C)(C)C(Cl)CC1(Cl)C(=O)c1c(O)cc([O-])cc1C2=O.[Na+]. The summed E-state index contributed by atoms with van der Waals surface area (Å²) in [4.78, 5) is 25.6. The molecule has 5 nitrogen and oxygen atoms in total. The van der Waals surface area contributed by atoms with Gasteiger partial charge in [-0.1, -0.05) is 29.4 Å². The molecule has 1 aliphatic heterocycles. The monoisotopic (exact) mass is 502 g/mol. The van der Waals surface area contributed by atoms with Crippen molar-refractivity contribution in [3.8, 4) is 11.5 Å². The van der Waals surface area contributed by atoms with Crippen LogP contribution in [0.4, 0.5) is 0 Å². The summed E-state index contributed by atoms with van der Waals surface area (Å²) in [5.74, 6) is -2.36. The van der Waals surface area contributed by atoms with Gasteiger partial charge < -0.3 is 14.9 Å². The van der Waals surface area contributed by atoms with E-state index in [9.17, 15) is 19.8 Å². The number of phenols is 1. The fourth-order valence-corrected chi connectivity index (χ4v) is 5.30. The summed E-state index contributed by atoms with van der Waals surface area (Å²) in [5, 5.41) is 21.7. The number of phenolic OH excluding ortho intramolecular Hbond substituents is 1. The number of aromatic hydroxyl groups is 1. The largest absolute Gasteiger partial charge is 1.00 e. The van der Waals surface area contributed by atoms with Crippen LogP contribution < -0.4 is 34.7 Å². The molecule has 0 bridgehead atoms. The Morgan fingerprint density at radius 2 is 1.85 bits per heavy atom. The van der Waals surface area contributed by atoms with Gasteiger partial charge >= 0.3 is 29.6 Å². The minimum absolute atomic E-state index is 0. The first-order chi connectivity index (χ1) is 14.7. The molecule has 2 aliphatic rings. The number of Topliss-reactive ketones (excluding diaryl/α,β-unsaturated/α-hetero) is 2. The molecule has 1 heterocycles. The summed E-state index contributed by atoms with van der Waals surface area (Å²) in [6.07, 6.45) is 5.67. The van der Waals surface area contributed by atoms with Crippen molar-refractivity contribution in [3.63, 3.8) is 0 Å². The number of alkyl halides is 2. The number of ketones is 2. The maximum absolute atomic E-state index is 13.8. The Morgan fingerprint density at radius 1 is 1.21 bits per heavy atom. The fourth-order valence-electron chi connectivity index (χ4n) is 4.49. The van der Waals surface area contributed by atoms with Crippen molar-refractivity contribution in [2.75, 3.05) is 0 Å². The van der Waals surface area contributed by atoms with Crippen molar-refractivity contribution in [2.24, 2.45) is 0 Å². The summed E-state index contributed by atoms with van der Waals surface area (Å²) in [6, 6.07) is 1.98. The molecule has 1 aromatic rings. The summed E-state index contributed by atoms with van der Waals surface area (Å²) >= 11 is 13.5. The topological polar surface area (TPSA) is 86.7 Å². The van der Waals surface area contributed by atoms with Crippen LogP contribution in [0.1, 0.15) is 81.0 Å².